The first kappa shape index (κ1) is 9.77. The first-order valence-electron chi connectivity index (χ1n) is 4.91. The fourth-order valence-electron chi connectivity index (χ4n) is 1.80. The molecule has 0 amide bonds. The molecule has 1 saturated heterocycles. The van der Waals surface area contributed by atoms with Gasteiger partial charge in [0.1, 0.15) is 5.69 Å². The summed E-state index contributed by atoms with van der Waals surface area (Å²) >= 11 is 1.95. The van der Waals surface area contributed by atoms with Crippen molar-refractivity contribution in [2.45, 2.75) is 25.8 Å². The van der Waals surface area contributed by atoms with Gasteiger partial charge in [0.05, 0.1) is 6.04 Å². The van der Waals surface area contributed by atoms with Gasteiger partial charge in [0.15, 0.2) is 5.78 Å². The van der Waals surface area contributed by atoms with Crippen LogP contribution >= 0.6 is 11.8 Å². The molecule has 0 spiro atoms. The van der Waals surface area contributed by atoms with Crippen molar-refractivity contribution in [3.05, 3.63) is 18.0 Å². The largest absolute Gasteiger partial charge is 0.293 e. The predicted molar refractivity (Wildman–Crippen MR) is 57.8 cm³/mol. The number of thioether (sulfide) groups is 1. The molecule has 1 atom stereocenters. The lowest BCUT2D eigenvalue weighted by molar-refractivity contribution is 0.100. The number of Topliss-reactive ketones (excluding diaryl/α,β-unsaturated/α-hetero) is 1. The summed E-state index contributed by atoms with van der Waals surface area (Å²) < 4.78 is 1.90. The lowest BCUT2D eigenvalue weighted by Gasteiger charge is -2.22. The second-order valence-electron chi connectivity index (χ2n) is 3.59. The first-order chi connectivity index (χ1) is 6.79. The third-order valence-corrected chi connectivity index (χ3v) is 3.71. The highest BCUT2D eigenvalue weighted by Gasteiger charge is 2.19. The van der Waals surface area contributed by atoms with Gasteiger partial charge in [0.2, 0.25) is 0 Å². The third-order valence-electron chi connectivity index (χ3n) is 2.51. The van der Waals surface area contributed by atoms with Crippen molar-refractivity contribution in [2.75, 3.05) is 11.5 Å². The van der Waals surface area contributed by atoms with E-state index < -0.39 is 0 Å². The highest BCUT2D eigenvalue weighted by Crippen LogP contribution is 2.27. The number of carbonyl (C=O) groups is 1. The fourth-order valence-corrected chi connectivity index (χ4v) is 2.92. The van der Waals surface area contributed by atoms with Crippen LogP contribution in [0.1, 0.15) is 36.3 Å². The molecule has 0 aliphatic carbocycles. The van der Waals surface area contributed by atoms with Crippen molar-refractivity contribution < 1.29 is 4.79 Å². The summed E-state index contributed by atoms with van der Waals surface area (Å²) in [5, 5.41) is 4.24. The minimum Gasteiger partial charge on any atom is -0.293 e. The number of hydrogen-bond acceptors (Lipinski definition) is 3. The Kier molecular flexibility index (Phi) is 2.91. The normalized spacial score (nSPS) is 22.2. The zero-order valence-electron chi connectivity index (χ0n) is 8.27. The van der Waals surface area contributed by atoms with Gasteiger partial charge in [-0.15, -0.1) is 0 Å². The molecule has 1 aromatic rings. The van der Waals surface area contributed by atoms with E-state index in [2.05, 4.69) is 5.10 Å². The zero-order valence-corrected chi connectivity index (χ0v) is 9.09. The van der Waals surface area contributed by atoms with E-state index in [1.807, 2.05) is 22.5 Å². The molecule has 0 saturated carbocycles. The molecule has 1 unspecified atom stereocenters. The second-order valence-corrected chi connectivity index (χ2v) is 4.74. The van der Waals surface area contributed by atoms with E-state index in [4.69, 9.17) is 0 Å². The van der Waals surface area contributed by atoms with E-state index in [1.165, 1.54) is 12.2 Å². The summed E-state index contributed by atoms with van der Waals surface area (Å²) in [7, 11) is 0. The summed E-state index contributed by atoms with van der Waals surface area (Å²) in [6.07, 6.45) is 4.09. The Morgan fingerprint density at radius 1 is 1.71 bits per heavy atom. The smallest absolute Gasteiger partial charge is 0.177 e. The van der Waals surface area contributed by atoms with Gasteiger partial charge in [0.25, 0.3) is 0 Å². The Morgan fingerprint density at radius 2 is 2.57 bits per heavy atom. The Balaban J connectivity index is 2.21. The molecule has 0 aromatic carbocycles. The maximum atomic E-state index is 11.3. The van der Waals surface area contributed by atoms with Crippen molar-refractivity contribution in [3.8, 4) is 0 Å². The van der Waals surface area contributed by atoms with Crippen LogP contribution in [-0.2, 0) is 0 Å². The highest BCUT2D eigenvalue weighted by molar-refractivity contribution is 7.99. The molecule has 76 valence electrons. The zero-order chi connectivity index (χ0) is 9.97. The van der Waals surface area contributed by atoms with Gasteiger partial charge < -0.3 is 0 Å². The van der Waals surface area contributed by atoms with Crippen molar-refractivity contribution in [1.82, 2.24) is 9.78 Å². The molecule has 1 aromatic heterocycles. The average Bonchev–Trinajstić information content (AvgIpc) is 2.67. The second kappa shape index (κ2) is 4.17. The Morgan fingerprint density at radius 3 is 3.21 bits per heavy atom. The predicted octanol–water partition coefficient (Wildman–Crippen LogP) is 2.15. The number of hydrogen-bond donors (Lipinski definition) is 0. The van der Waals surface area contributed by atoms with Crippen LogP contribution in [0.25, 0.3) is 0 Å². The van der Waals surface area contributed by atoms with Crippen LogP contribution in [-0.4, -0.2) is 27.1 Å². The summed E-state index contributed by atoms with van der Waals surface area (Å²) in [5.41, 5.74) is 0.748. The van der Waals surface area contributed by atoms with Gasteiger partial charge in [-0.25, -0.2) is 0 Å². The third kappa shape index (κ3) is 1.85. The van der Waals surface area contributed by atoms with E-state index >= 15 is 0 Å². The molecule has 0 radical (unpaired) electrons. The molecule has 1 fully saturated rings. The van der Waals surface area contributed by atoms with E-state index in [1.54, 1.807) is 13.1 Å². The Labute approximate surface area is 87.9 Å². The molecule has 2 heterocycles. The fraction of sp³-hybridized carbons (Fsp3) is 0.600. The van der Waals surface area contributed by atoms with E-state index in [0.29, 0.717) is 6.04 Å². The molecule has 0 N–H and O–H groups in total. The molecular formula is C10H14N2OS. The SMILES string of the molecule is CC(=O)c1ccnn1C1CCCSC1. The van der Waals surface area contributed by atoms with E-state index in [-0.39, 0.29) is 5.78 Å². The average molecular weight is 210 g/mol. The van der Waals surface area contributed by atoms with Crippen molar-refractivity contribution in [3.63, 3.8) is 0 Å². The van der Waals surface area contributed by atoms with Crippen molar-refractivity contribution >= 4 is 17.5 Å². The number of rotatable bonds is 2. The minimum atomic E-state index is 0.109. The van der Waals surface area contributed by atoms with Crippen molar-refractivity contribution in [2.24, 2.45) is 0 Å². The number of carbonyl (C=O) groups excluding carboxylic acids is 1. The number of ketones is 1. The van der Waals surface area contributed by atoms with Gasteiger partial charge in [-0.05, 0) is 24.7 Å². The monoisotopic (exact) mass is 210 g/mol. The van der Waals surface area contributed by atoms with Crippen LogP contribution < -0.4 is 0 Å². The number of aromatic nitrogens is 2. The van der Waals surface area contributed by atoms with Crippen LogP contribution in [0, 0.1) is 0 Å². The first-order valence-corrected chi connectivity index (χ1v) is 6.06. The lowest BCUT2D eigenvalue weighted by atomic mass is 10.2. The topological polar surface area (TPSA) is 34.9 Å². The molecule has 1 aliphatic rings. The Hall–Kier alpha value is -0.770. The maximum Gasteiger partial charge on any atom is 0.177 e. The minimum absolute atomic E-state index is 0.109. The quantitative estimate of drug-likeness (QED) is 0.702. The molecule has 4 heteroatoms. The van der Waals surface area contributed by atoms with Gasteiger partial charge in [-0.1, -0.05) is 0 Å². The lowest BCUT2D eigenvalue weighted by Crippen LogP contribution is -2.20. The Bertz CT molecular complexity index is 329. The summed E-state index contributed by atoms with van der Waals surface area (Å²) in [5.74, 6) is 2.44. The van der Waals surface area contributed by atoms with Crippen LogP contribution in [0.4, 0.5) is 0 Å². The van der Waals surface area contributed by atoms with Crippen LogP contribution in [0.5, 0.6) is 0 Å². The van der Waals surface area contributed by atoms with Crippen LogP contribution in [0.3, 0.4) is 0 Å². The van der Waals surface area contributed by atoms with Gasteiger partial charge in [-0.3, -0.25) is 9.48 Å². The molecule has 3 nitrogen and oxygen atoms in total. The van der Waals surface area contributed by atoms with Crippen LogP contribution in [0.15, 0.2) is 12.3 Å². The maximum absolute atomic E-state index is 11.3. The van der Waals surface area contributed by atoms with E-state index in [9.17, 15) is 4.79 Å². The summed E-state index contributed by atoms with van der Waals surface area (Å²) in [4.78, 5) is 11.3. The highest BCUT2D eigenvalue weighted by atomic mass is 32.2. The standard InChI is InChI=1S/C10H14N2OS/c1-8(13)10-4-5-11-12(10)9-3-2-6-14-7-9/h4-5,9H,2-3,6-7H2,1H3. The molecule has 2 rings (SSSR count). The summed E-state index contributed by atoms with van der Waals surface area (Å²) in [6, 6.07) is 2.23. The summed E-state index contributed by atoms with van der Waals surface area (Å²) in [6.45, 7) is 1.60. The van der Waals surface area contributed by atoms with Gasteiger partial charge in [-0.2, -0.15) is 16.9 Å². The van der Waals surface area contributed by atoms with E-state index in [0.717, 1.165) is 17.9 Å². The molecular weight excluding hydrogens is 196 g/mol. The number of nitrogens with zero attached hydrogens (tertiary/aromatic N) is 2. The van der Waals surface area contributed by atoms with Gasteiger partial charge in [0, 0.05) is 18.9 Å². The van der Waals surface area contributed by atoms with Gasteiger partial charge >= 0.3 is 0 Å². The van der Waals surface area contributed by atoms with Crippen LogP contribution in [0.2, 0.25) is 0 Å². The molecule has 1 aliphatic heterocycles. The molecule has 14 heavy (non-hydrogen) atoms. The molecule has 0 bridgehead atoms. The van der Waals surface area contributed by atoms with Crippen molar-refractivity contribution in [1.29, 1.82) is 0 Å².